The van der Waals surface area contributed by atoms with Crippen molar-refractivity contribution in [1.82, 2.24) is 15.5 Å². The number of likely N-dealkylation sites (tertiary alicyclic amines) is 1. The fourth-order valence-electron chi connectivity index (χ4n) is 3.98. The molecule has 2 aromatic rings. The van der Waals surface area contributed by atoms with Crippen molar-refractivity contribution in [2.24, 2.45) is 10.9 Å². The smallest absolute Gasteiger partial charge is 0.223 e. The molecule has 1 aliphatic rings. The van der Waals surface area contributed by atoms with E-state index in [1.807, 2.05) is 41.1 Å². The zero-order chi connectivity index (χ0) is 22.8. The number of anilines is 1. The van der Waals surface area contributed by atoms with Crippen molar-refractivity contribution in [1.29, 1.82) is 0 Å². The Labute approximate surface area is 190 Å². The minimum absolute atomic E-state index is 0.204. The number of guanidine groups is 1. The molecule has 1 saturated heterocycles. The molecule has 3 rings (SSSR count). The molecule has 1 amide bonds. The van der Waals surface area contributed by atoms with Gasteiger partial charge in [-0.1, -0.05) is 42.5 Å². The second kappa shape index (κ2) is 12.1. The van der Waals surface area contributed by atoms with E-state index in [1.165, 1.54) is 11.6 Å². The third-order valence-corrected chi connectivity index (χ3v) is 5.82. The number of aliphatic imine (C=N–C) groups is 1. The minimum atomic E-state index is -0.204. The molecule has 0 bridgehead atoms. The highest BCUT2D eigenvalue weighted by Gasteiger charge is 2.29. The molecule has 0 radical (unpaired) electrons. The number of hydrogen-bond donors (Lipinski definition) is 2. The number of carbonyl (C=O) groups excluding carboxylic acids is 1. The van der Waals surface area contributed by atoms with Gasteiger partial charge in [-0.25, -0.2) is 4.39 Å². The number of carbonyl (C=O) groups is 1. The van der Waals surface area contributed by atoms with Gasteiger partial charge in [0.2, 0.25) is 5.91 Å². The van der Waals surface area contributed by atoms with Crippen LogP contribution in [0.25, 0.3) is 0 Å². The van der Waals surface area contributed by atoms with E-state index in [4.69, 9.17) is 0 Å². The molecule has 2 aromatic carbocycles. The fraction of sp³-hybridized carbons (Fsp3) is 0.440. The van der Waals surface area contributed by atoms with E-state index < -0.39 is 0 Å². The molecule has 1 aliphatic heterocycles. The molecule has 32 heavy (non-hydrogen) atoms. The second-order valence-electron chi connectivity index (χ2n) is 8.25. The Kier molecular flexibility index (Phi) is 8.90. The van der Waals surface area contributed by atoms with Gasteiger partial charge in [-0.3, -0.25) is 9.79 Å². The summed E-state index contributed by atoms with van der Waals surface area (Å²) in [4.78, 5) is 20.5. The van der Waals surface area contributed by atoms with Crippen LogP contribution in [-0.2, 0) is 11.2 Å². The van der Waals surface area contributed by atoms with E-state index in [9.17, 15) is 9.18 Å². The first-order valence-corrected chi connectivity index (χ1v) is 11.3. The summed E-state index contributed by atoms with van der Waals surface area (Å²) in [6, 6.07) is 17.1. The van der Waals surface area contributed by atoms with E-state index in [0.29, 0.717) is 18.7 Å². The summed E-state index contributed by atoms with van der Waals surface area (Å²) in [5.74, 6) is 1.04. The lowest BCUT2D eigenvalue weighted by Crippen LogP contribution is -2.41. The van der Waals surface area contributed by atoms with Crippen molar-refractivity contribution < 1.29 is 9.18 Å². The molecule has 0 spiro atoms. The molecular formula is C25H34FN5O. The monoisotopic (exact) mass is 439 g/mol. The number of nitrogens with zero attached hydrogens (tertiary/aromatic N) is 3. The van der Waals surface area contributed by atoms with Crippen LogP contribution in [0.4, 0.5) is 10.1 Å². The first-order chi connectivity index (χ1) is 15.6. The van der Waals surface area contributed by atoms with Crippen LogP contribution in [0.1, 0.15) is 18.4 Å². The van der Waals surface area contributed by atoms with Gasteiger partial charge in [0.1, 0.15) is 5.82 Å². The molecule has 172 valence electrons. The summed E-state index contributed by atoms with van der Waals surface area (Å²) < 4.78 is 13.9. The maximum absolute atomic E-state index is 13.9. The predicted molar refractivity (Wildman–Crippen MR) is 128 cm³/mol. The lowest BCUT2D eigenvalue weighted by molar-refractivity contribution is -0.127. The topological polar surface area (TPSA) is 60.0 Å². The van der Waals surface area contributed by atoms with E-state index >= 15 is 0 Å². The van der Waals surface area contributed by atoms with Crippen LogP contribution in [0.15, 0.2) is 59.6 Å². The number of nitrogens with one attached hydrogen (secondary N) is 2. The van der Waals surface area contributed by atoms with Crippen molar-refractivity contribution in [3.63, 3.8) is 0 Å². The predicted octanol–water partition coefficient (Wildman–Crippen LogP) is 2.91. The van der Waals surface area contributed by atoms with Gasteiger partial charge in [0.25, 0.3) is 0 Å². The van der Waals surface area contributed by atoms with Gasteiger partial charge in [0.05, 0.1) is 5.69 Å². The molecule has 0 saturated carbocycles. The lowest BCUT2D eigenvalue weighted by atomic mass is 10.1. The Morgan fingerprint density at radius 1 is 1.16 bits per heavy atom. The average molecular weight is 440 g/mol. The van der Waals surface area contributed by atoms with Crippen LogP contribution in [0.2, 0.25) is 0 Å². The molecule has 2 N–H and O–H groups in total. The van der Waals surface area contributed by atoms with E-state index in [-0.39, 0.29) is 17.6 Å². The van der Waals surface area contributed by atoms with Crippen LogP contribution in [-0.4, -0.2) is 63.6 Å². The highest BCUT2D eigenvalue weighted by molar-refractivity contribution is 5.80. The number of para-hydroxylation sites is 1. The van der Waals surface area contributed by atoms with Gasteiger partial charge < -0.3 is 20.4 Å². The summed E-state index contributed by atoms with van der Waals surface area (Å²) in [6.45, 7) is 3.72. The van der Waals surface area contributed by atoms with Gasteiger partial charge in [-0.15, -0.1) is 0 Å². The molecule has 7 heteroatoms. The van der Waals surface area contributed by atoms with Crippen molar-refractivity contribution in [3.05, 3.63) is 66.0 Å². The third-order valence-electron chi connectivity index (χ3n) is 5.82. The van der Waals surface area contributed by atoms with Crippen molar-refractivity contribution in [2.75, 3.05) is 51.7 Å². The van der Waals surface area contributed by atoms with E-state index in [0.717, 1.165) is 45.0 Å². The van der Waals surface area contributed by atoms with Crippen molar-refractivity contribution in [3.8, 4) is 0 Å². The third kappa shape index (κ3) is 6.97. The Balaban J connectivity index is 1.33. The summed E-state index contributed by atoms with van der Waals surface area (Å²) >= 11 is 0. The molecule has 1 heterocycles. The van der Waals surface area contributed by atoms with Crippen LogP contribution in [0, 0.1) is 11.7 Å². The minimum Gasteiger partial charge on any atom is -0.372 e. The quantitative estimate of drug-likeness (QED) is 0.340. The van der Waals surface area contributed by atoms with Crippen LogP contribution >= 0.6 is 0 Å². The average Bonchev–Trinajstić information content (AvgIpc) is 3.17. The van der Waals surface area contributed by atoms with Gasteiger partial charge in [-0.2, -0.15) is 0 Å². The first kappa shape index (κ1) is 23.6. The lowest BCUT2D eigenvalue weighted by Gasteiger charge is -2.20. The van der Waals surface area contributed by atoms with Crippen molar-refractivity contribution >= 4 is 17.6 Å². The first-order valence-electron chi connectivity index (χ1n) is 11.3. The molecule has 1 atom stereocenters. The SMILES string of the molecule is CN=C(NCCCN(C)c1ccccc1F)NCC1CC(=O)N(CCc2ccccc2)C1. The summed E-state index contributed by atoms with van der Waals surface area (Å²) in [5, 5.41) is 6.65. The highest BCUT2D eigenvalue weighted by atomic mass is 19.1. The zero-order valence-corrected chi connectivity index (χ0v) is 19.1. The maximum atomic E-state index is 13.9. The molecule has 1 unspecified atom stereocenters. The van der Waals surface area contributed by atoms with E-state index in [1.54, 1.807) is 19.2 Å². The Morgan fingerprint density at radius 2 is 1.91 bits per heavy atom. The van der Waals surface area contributed by atoms with Gasteiger partial charge in [-0.05, 0) is 30.5 Å². The largest absolute Gasteiger partial charge is 0.372 e. The number of hydrogen-bond acceptors (Lipinski definition) is 3. The van der Waals surface area contributed by atoms with Crippen LogP contribution in [0.5, 0.6) is 0 Å². The van der Waals surface area contributed by atoms with Crippen LogP contribution < -0.4 is 15.5 Å². The van der Waals surface area contributed by atoms with E-state index in [2.05, 4.69) is 27.8 Å². The Bertz CT molecular complexity index is 889. The summed E-state index contributed by atoms with van der Waals surface area (Å²) in [5.41, 5.74) is 1.87. The summed E-state index contributed by atoms with van der Waals surface area (Å²) in [6.07, 6.45) is 2.31. The molecule has 0 aliphatic carbocycles. The summed E-state index contributed by atoms with van der Waals surface area (Å²) in [7, 11) is 3.64. The Morgan fingerprint density at radius 3 is 2.66 bits per heavy atom. The highest BCUT2D eigenvalue weighted by Crippen LogP contribution is 2.18. The van der Waals surface area contributed by atoms with Crippen LogP contribution in [0.3, 0.4) is 0 Å². The Hall–Kier alpha value is -3.09. The molecule has 1 fully saturated rings. The zero-order valence-electron chi connectivity index (χ0n) is 19.1. The van der Waals surface area contributed by atoms with Gasteiger partial charge in [0.15, 0.2) is 5.96 Å². The van der Waals surface area contributed by atoms with Gasteiger partial charge in [0, 0.05) is 59.2 Å². The van der Waals surface area contributed by atoms with Gasteiger partial charge >= 0.3 is 0 Å². The number of halogens is 1. The van der Waals surface area contributed by atoms with Crippen molar-refractivity contribution in [2.45, 2.75) is 19.3 Å². The maximum Gasteiger partial charge on any atom is 0.223 e. The number of benzene rings is 2. The fourth-order valence-corrected chi connectivity index (χ4v) is 3.98. The number of rotatable bonds is 10. The second-order valence-corrected chi connectivity index (χ2v) is 8.25. The molecule has 0 aromatic heterocycles. The molecular weight excluding hydrogens is 405 g/mol. The number of amides is 1. The standard InChI is InChI=1S/C25H34FN5O/c1-27-25(28-14-8-15-30(2)23-12-7-6-11-22(23)26)29-18-21-17-24(32)31(19-21)16-13-20-9-4-3-5-10-20/h3-7,9-12,21H,8,13-19H2,1-2H3,(H2,27,28,29). The molecule has 6 nitrogen and oxygen atoms in total. The normalized spacial score (nSPS) is 16.3.